The number of amides is 2. The predicted molar refractivity (Wildman–Crippen MR) is 116 cm³/mol. The average Bonchev–Trinajstić information content (AvgIpc) is 3.56. The average molecular weight is 422 g/mol. The van der Waals surface area contributed by atoms with E-state index in [9.17, 15) is 14.4 Å². The standard InChI is InChI=1S/C23H26N4O4/c1-2-31-20(28)13-19(14-6-4-3-5-7-14)27-23(30)18-12-17(18)22(29)26-16-10-8-15(9-11-16)21(24)25/h3-11,17-19H,2,12-13H2,1H3,(H3,24,25)(H,26,29)(H,27,30). The first-order valence-corrected chi connectivity index (χ1v) is 10.1. The van der Waals surface area contributed by atoms with E-state index in [1.54, 1.807) is 31.2 Å². The summed E-state index contributed by atoms with van der Waals surface area (Å²) >= 11 is 0. The zero-order chi connectivity index (χ0) is 22.4. The Morgan fingerprint density at radius 3 is 2.32 bits per heavy atom. The van der Waals surface area contributed by atoms with Gasteiger partial charge in [-0.05, 0) is 43.2 Å². The molecule has 31 heavy (non-hydrogen) atoms. The van der Waals surface area contributed by atoms with Gasteiger partial charge in [0.05, 0.1) is 30.9 Å². The molecule has 0 aromatic heterocycles. The highest BCUT2D eigenvalue weighted by Crippen LogP contribution is 2.40. The molecule has 0 heterocycles. The first kappa shape index (κ1) is 22.0. The summed E-state index contributed by atoms with van der Waals surface area (Å²) in [7, 11) is 0. The highest BCUT2D eigenvalue weighted by atomic mass is 16.5. The molecule has 3 atom stereocenters. The van der Waals surface area contributed by atoms with E-state index >= 15 is 0 Å². The summed E-state index contributed by atoms with van der Waals surface area (Å²) in [6, 6.07) is 15.3. The van der Waals surface area contributed by atoms with E-state index < -0.39 is 23.8 Å². The minimum atomic E-state index is -0.517. The first-order valence-electron chi connectivity index (χ1n) is 10.1. The molecule has 3 unspecified atom stereocenters. The maximum atomic E-state index is 12.7. The van der Waals surface area contributed by atoms with Crippen molar-refractivity contribution in [2.45, 2.75) is 25.8 Å². The van der Waals surface area contributed by atoms with E-state index in [0.29, 0.717) is 17.7 Å². The van der Waals surface area contributed by atoms with Crippen molar-refractivity contribution in [1.82, 2.24) is 5.32 Å². The van der Waals surface area contributed by atoms with Crippen molar-refractivity contribution in [3.05, 3.63) is 65.7 Å². The Morgan fingerprint density at radius 1 is 1.06 bits per heavy atom. The van der Waals surface area contributed by atoms with Crippen LogP contribution in [-0.2, 0) is 19.1 Å². The zero-order valence-corrected chi connectivity index (χ0v) is 17.3. The van der Waals surface area contributed by atoms with E-state index in [4.69, 9.17) is 15.9 Å². The number of nitrogens with one attached hydrogen (secondary N) is 3. The van der Waals surface area contributed by atoms with Gasteiger partial charge < -0.3 is 21.1 Å². The minimum Gasteiger partial charge on any atom is -0.466 e. The molecule has 2 aromatic rings. The van der Waals surface area contributed by atoms with Crippen molar-refractivity contribution in [3.63, 3.8) is 0 Å². The fourth-order valence-electron chi connectivity index (χ4n) is 3.35. The van der Waals surface area contributed by atoms with E-state index in [2.05, 4.69) is 10.6 Å². The van der Waals surface area contributed by atoms with Crippen molar-refractivity contribution in [2.75, 3.05) is 11.9 Å². The van der Waals surface area contributed by atoms with Crippen molar-refractivity contribution < 1.29 is 19.1 Å². The van der Waals surface area contributed by atoms with Crippen molar-refractivity contribution >= 4 is 29.3 Å². The summed E-state index contributed by atoms with van der Waals surface area (Å²) in [5.74, 6) is -1.80. The summed E-state index contributed by atoms with van der Waals surface area (Å²) in [4.78, 5) is 37.2. The van der Waals surface area contributed by atoms with Crippen LogP contribution < -0.4 is 16.4 Å². The monoisotopic (exact) mass is 422 g/mol. The lowest BCUT2D eigenvalue weighted by Crippen LogP contribution is -2.33. The SMILES string of the molecule is CCOC(=O)CC(NC(=O)C1CC1C(=O)Nc1ccc(C(=N)N)cc1)c1ccccc1. The molecule has 1 fully saturated rings. The molecule has 0 radical (unpaired) electrons. The second-order valence-electron chi connectivity index (χ2n) is 7.41. The third kappa shape index (κ3) is 5.91. The molecule has 0 spiro atoms. The highest BCUT2D eigenvalue weighted by Gasteiger charge is 2.48. The maximum absolute atomic E-state index is 12.7. The van der Waals surface area contributed by atoms with Crippen LogP contribution >= 0.6 is 0 Å². The maximum Gasteiger partial charge on any atom is 0.308 e. The quantitative estimate of drug-likeness (QED) is 0.280. The van der Waals surface area contributed by atoms with Gasteiger partial charge in [-0.3, -0.25) is 19.8 Å². The summed E-state index contributed by atoms with van der Waals surface area (Å²) in [5.41, 5.74) is 7.37. The number of benzene rings is 2. The molecule has 8 nitrogen and oxygen atoms in total. The molecule has 1 saturated carbocycles. The van der Waals surface area contributed by atoms with Crippen LogP contribution in [0.2, 0.25) is 0 Å². The number of carbonyl (C=O) groups is 3. The van der Waals surface area contributed by atoms with E-state index in [-0.39, 0.29) is 30.7 Å². The van der Waals surface area contributed by atoms with Gasteiger partial charge in [-0.2, -0.15) is 0 Å². The Balaban J connectivity index is 1.58. The largest absolute Gasteiger partial charge is 0.466 e. The molecule has 3 rings (SSSR count). The van der Waals surface area contributed by atoms with Gasteiger partial charge in [-0.25, -0.2) is 0 Å². The molecule has 1 aliphatic rings. The number of amidine groups is 1. The van der Waals surface area contributed by atoms with Crippen LogP contribution in [0.25, 0.3) is 0 Å². The zero-order valence-electron chi connectivity index (χ0n) is 17.3. The highest BCUT2D eigenvalue weighted by molar-refractivity contribution is 6.00. The number of anilines is 1. The first-order chi connectivity index (χ1) is 14.9. The Kier molecular flexibility index (Phi) is 7.02. The molecule has 2 amide bonds. The number of esters is 1. The molecule has 5 N–H and O–H groups in total. The predicted octanol–water partition coefficient (Wildman–Crippen LogP) is 2.36. The van der Waals surface area contributed by atoms with E-state index in [1.807, 2.05) is 30.3 Å². The van der Waals surface area contributed by atoms with Crippen LogP contribution in [0.1, 0.15) is 36.9 Å². The molecule has 8 heteroatoms. The number of hydrogen-bond acceptors (Lipinski definition) is 5. The topological polar surface area (TPSA) is 134 Å². The van der Waals surface area contributed by atoms with Crippen LogP contribution in [0.5, 0.6) is 0 Å². The lowest BCUT2D eigenvalue weighted by molar-refractivity contribution is -0.144. The number of rotatable bonds is 9. The van der Waals surface area contributed by atoms with Gasteiger partial charge in [-0.15, -0.1) is 0 Å². The molecular weight excluding hydrogens is 396 g/mol. The fraction of sp³-hybridized carbons (Fsp3) is 0.304. The molecular formula is C23H26N4O4. The van der Waals surface area contributed by atoms with Crippen molar-refractivity contribution in [2.24, 2.45) is 17.6 Å². The van der Waals surface area contributed by atoms with Crippen LogP contribution in [0.3, 0.4) is 0 Å². The summed E-state index contributed by atoms with van der Waals surface area (Å²) in [6.07, 6.45) is 0.472. The van der Waals surface area contributed by atoms with Gasteiger partial charge in [-0.1, -0.05) is 30.3 Å². The normalized spacial score (nSPS) is 17.8. The fourth-order valence-corrected chi connectivity index (χ4v) is 3.35. The van der Waals surface area contributed by atoms with Crippen molar-refractivity contribution in [1.29, 1.82) is 5.41 Å². The van der Waals surface area contributed by atoms with Gasteiger partial charge >= 0.3 is 5.97 Å². The molecule has 2 aromatic carbocycles. The Morgan fingerprint density at radius 2 is 1.71 bits per heavy atom. The summed E-state index contributed by atoms with van der Waals surface area (Å²) < 4.78 is 5.02. The molecule has 0 saturated heterocycles. The molecule has 162 valence electrons. The van der Waals surface area contributed by atoms with Crippen LogP contribution in [0.15, 0.2) is 54.6 Å². The molecule has 1 aliphatic carbocycles. The summed E-state index contributed by atoms with van der Waals surface area (Å²) in [5, 5.41) is 13.1. The molecule has 0 aliphatic heterocycles. The number of carbonyl (C=O) groups excluding carboxylic acids is 3. The Labute approximate surface area is 180 Å². The smallest absolute Gasteiger partial charge is 0.308 e. The van der Waals surface area contributed by atoms with Gasteiger partial charge in [0.25, 0.3) is 0 Å². The number of hydrogen-bond donors (Lipinski definition) is 4. The number of ether oxygens (including phenoxy) is 1. The van der Waals surface area contributed by atoms with Gasteiger partial charge in [0.2, 0.25) is 11.8 Å². The second-order valence-corrected chi connectivity index (χ2v) is 7.41. The Bertz CT molecular complexity index is 959. The van der Waals surface area contributed by atoms with E-state index in [0.717, 1.165) is 5.56 Å². The number of nitrogen functional groups attached to an aromatic ring is 1. The van der Waals surface area contributed by atoms with Crippen molar-refractivity contribution in [3.8, 4) is 0 Å². The van der Waals surface area contributed by atoms with Gasteiger partial charge in [0.1, 0.15) is 5.84 Å². The van der Waals surface area contributed by atoms with Gasteiger partial charge in [0, 0.05) is 11.3 Å². The lowest BCUT2D eigenvalue weighted by Gasteiger charge is -2.18. The van der Waals surface area contributed by atoms with Gasteiger partial charge in [0.15, 0.2) is 0 Å². The second kappa shape index (κ2) is 9.88. The minimum absolute atomic E-state index is 0.0235. The summed E-state index contributed by atoms with van der Waals surface area (Å²) in [6.45, 7) is 2.00. The van der Waals surface area contributed by atoms with E-state index in [1.165, 1.54) is 0 Å². The third-order valence-electron chi connectivity index (χ3n) is 5.12. The Hall–Kier alpha value is -3.68. The van der Waals surface area contributed by atoms with Crippen LogP contribution in [0, 0.1) is 17.2 Å². The number of nitrogens with two attached hydrogens (primary N) is 1. The lowest BCUT2D eigenvalue weighted by atomic mass is 10.0. The molecule has 0 bridgehead atoms. The van der Waals surface area contributed by atoms with Crippen LogP contribution in [-0.4, -0.2) is 30.2 Å². The van der Waals surface area contributed by atoms with Crippen LogP contribution in [0.4, 0.5) is 5.69 Å². The third-order valence-corrected chi connectivity index (χ3v) is 5.12.